The molecule has 2 aliphatic carbocycles. The topological polar surface area (TPSA) is 32.3 Å². The van der Waals surface area contributed by atoms with Crippen LogP contribution in [0.4, 0.5) is 11.4 Å². The number of hydrogen-bond donors (Lipinski definition) is 1. The molecule has 108 valence electrons. The Morgan fingerprint density at radius 2 is 1.70 bits per heavy atom. The molecular formula is C17H24N2O. The third kappa shape index (κ3) is 2.67. The molecule has 2 aliphatic rings. The van der Waals surface area contributed by atoms with Gasteiger partial charge < -0.3 is 10.2 Å². The van der Waals surface area contributed by atoms with Gasteiger partial charge in [-0.15, -0.1) is 0 Å². The van der Waals surface area contributed by atoms with E-state index in [1.54, 1.807) is 0 Å². The van der Waals surface area contributed by atoms with Crippen molar-refractivity contribution in [2.24, 2.45) is 17.8 Å². The van der Waals surface area contributed by atoms with E-state index in [0.717, 1.165) is 43.5 Å². The highest BCUT2D eigenvalue weighted by atomic mass is 16.1. The summed E-state index contributed by atoms with van der Waals surface area (Å²) in [4.78, 5) is 14.5. The molecule has 3 heteroatoms. The van der Waals surface area contributed by atoms with E-state index in [0.29, 0.717) is 0 Å². The lowest BCUT2D eigenvalue weighted by atomic mass is 10.0. The maximum absolute atomic E-state index is 12.2. The number of fused-ring (bicyclic) bond motifs is 1. The molecule has 1 aromatic rings. The Bertz CT molecular complexity index is 468. The number of anilines is 2. The minimum absolute atomic E-state index is 0.216. The number of hydrogen-bond acceptors (Lipinski definition) is 2. The molecule has 0 spiro atoms. The quantitative estimate of drug-likeness (QED) is 0.889. The number of amides is 1. The van der Waals surface area contributed by atoms with Crippen LogP contribution >= 0.6 is 0 Å². The predicted octanol–water partition coefficient (Wildman–Crippen LogP) is 3.52. The third-order valence-electron chi connectivity index (χ3n) is 4.88. The summed E-state index contributed by atoms with van der Waals surface area (Å²) in [5.74, 6) is 2.18. The largest absolute Gasteiger partial charge is 0.372 e. The van der Waals surface area contributed by atoms with E-state index < -0.39 is 0 Å². The molecule has 0 aliphatic heterocycles. The second kappa shape index (κ2) is 5.47. The van der Waals surface area contributed by atoms with Gasteiger partial charge in [0.05, 0.1) is 0 Å². The molecule has 0 aromatic heterocycles. The van der Waals surface area contributed by atoms with Crippen molar-refractivity contribution in [1.29, 1.82) is 0 Å². The van der Waals surface area contributed by atoms with Crippen LogP contribution in [0.15, 0.2) is 24.3 Å². The summed E-state index contributed by atoms with van der Waals surface area (Å²) >= 11 is 0. The second-order valence-electron chi connectivity index (χ2n) is 6.13. The van der Waals surface area contributed by atoms with E-state index in [-0.39, 0.29) is 11.8 Å². The van der Waals surface area contributed by atoms with Crippen molar-refractivity contribution in [3.05, 3.63) is 24.3 Å². The van der Waals surface area contributed by atoms with Gasteiger partial charge in [-0.2, -0.15) is 0 Å². The molecule has 2 atom stereocenters. The summed E-state index contributed by atoms with van der Waals surface area (Å²) < 4.78 is 0. The van der Waals surface area contributed by atoms with Crippen molar-refractivity contribution in [3.8, 4) is 0 Å². The Kier molecular flexibility index (Phi) is 3.68. The zero-order chi connectivity index (χ0) is 14.1. The van der Waals surface area contributed by atoms with E-state index in [2.05, 4.69) is 36.2 Å². The average molecular weight is 272 g/mol. The maximum Gasteiger partial charge on any atom is 0.227 e. The number of rotatable bonds is 5. The fraction of sp³-hybridized carbons (Fsp3) is 0.588. The summed E-state index contributed by atoms with van der Waals surface area (Å²) in [6.07, 6.45) is 3.57. The van der Waals surface area contributed by atoms with E-state index in [4.69, 9.17) is 0 Å². The Hall–Kier alpha value is -1.51. The standard InChI is InChI=1S/C17H24N2O/c1-3-19(4-2)16-7-5-15(6-8-16)18-17(20)14-10-12-9-13(12)11-14/h5-8,12-14H,3-4,9-11H2,1-2H3,(H,18,20). The molecule has 2 unspecified atom stereocenters. The van der Waals surface area contributed by atoms with Crippen molar-refractivity contribution in [2.75, 3.05) is 23.3 Å². The van der Waals surface area contributed by atoms with Gasteiger partial charge in [0.15, 0.2) is 0 Å². The van der Waals surface area contributed by atoms with Crippen LogP contribution in [0.25, 0.3) is 0 Å². The number of benzene rings is 1. The first kappa shape index (κ1) is 13.5. The first-order chi connectivity index (χ1) is 9.71. The highest BCUT2D eigenvalue weighted by Gasteiger charge is 2.47. The smallest absolute Gasteiger partial charge is 0.227 e. The van der Waals surface area contributed by atoms with Crippen LogP contribution in [0.3, 0.4) is 0 Å². The zero-order valence-corrected chi connectivity index (χ0v) is 12.4. The molecule has 2 fully saturated rings. The van der Waals surface area contributed by atoms with Gasteiger partial charge in [0.1, 0.15) is 0 Å². The lowest BCUT2D eigenvalue weighted by Crippen LogP contribution is -2.22. The highest BCUT2D eigenvalue weighted by molar-refractivity contribution is 5.93. The Balaban J connectivity index is 1.58. The van der Waals surface area contributed by atoms with Gasteiger partial charge in [-0.25, -0.2) is 0 Å². The number of nitrogens with one attached hydrogen (secondary N) is 1. The second-order valence-corrected chi connectivity index (χ2v) is 6.13. The Morgan fingerprint density at radius 1 is 1.10 bits per heavy atom. The van der Waals surface area contributed by atoms with E-state index in [1.807, 2.05) is 12.1 Å². The SMILES string of the molecule is CCN(CC)c1ccc(NC(=O)C2CC3CC3C2)cc1. The molecule has 20 heavy (non-hydrogen) atoms. The summed E-state index contributed by atoms with van der Waals surface area (Å²) in [5.41, 5.74) is 2.14. The first-order valence-electron chi connectivity index (χ1n) is 7.87. The van der Waals surface area contributed by atoms with Crippen molar-refractivity contribution in [1.82, 2.24) is 0 Å². The summed E-state index contributed by atoms with van der Waals surface area (Å²) in [7, 11) is 0. The molecule has 3 rings (SSSR count). The maximum atomic E-state index is 12.2. The molecule has 1 aromatic carbocycles. The first-order valence-corrected chi connectivity index (χ1v) is 7.87. The fourth-order valence-corrected chi connectivity index (χ4v) is 3.52. The van der Waals surface area contributed by atoms with E-state index in [1.165, 1.54) is 12.1 Å². The lowest BCUT2D eigenvalue weighted by molar-refractivity contribution is -0.120. The van der Waals surface area contributed by atoms with Crippen LogP contribution in [0.1, 0.15) is 33.1 Å². The average Bonchev–Trinajstić information content (AvgIpc) is 3.08. The molecule has 0 radical (unpaired) electrons. The number of carbonyl (C=O) groups excluding carboxylic acids is 1. The van der Waals surface area contributed by atoms with Crippen LogP contribution < -0.4 is 10.2 Å². The van der Waals surface area contributed by atoms with Gasteiger partial charge in [0, 0.05) is 30.4 Å². The summed E-state index contributed by atoms with van der Waals surface area (Å²) in [6, 6.07) is 8.21. The van der Waals surface area contributed by atoms with Gasteiger partial charge in [0.25, 0.3) is 0 Å². The number of carbonyl (C=O) groups is 1. The predicted molar refractivity (Wildman–Crippen MR) is 83.0 cm³/mol. The van der Waals surface area contributed by atoms with Gasteiger partial charge in [0.2, 0.25) is 5.91 Å². The van der Waals surface area contributed by atoms with Crippen molar-refractivity contribution < 1.29 is 4.79 Å². The van der Waals surface area contributed by atoms with Crippen LogP contribution in [0.5, 0.6) is 0 Å². The Labute approximate surface area is 121 Å². The van der Waals surface area contributed by atoms with Crippen molar-refractivity contribution >= 4 is 17.3 Å². The van der Waals surface area contributed by atoms with E-state index >= 15 is 0 Å². The fourth-order valence-electron chi connectivity index (χ4n) is 3.52. The molecule has 2 saturated carbocycles. The van der Waals surface area contributed by atoms with Gasteiger partial charge >= 0.3 is 0 Å². The Morgan fingerprint density at radius 3 is 2.25 bits per heavy atom. The van der Waals surface area contributed by atoms with Gasteiger partial charge in [-0.3, -0.25) is 4.79 Å². The normalized spacial score (nSPS) is 27.0. The monoisotopic (exact) mass is 272 g/mol. The summed E-state index contributed by atoms with van der Waals surface area (Å²) in [6.45, 7) is 6.33. The molecule has 0 bridgehead atoms. The van der Waals surface area contributed by atoms with Crippen LogP contribution in [-0.2, 0) is 4.79 Å². The van der Waals surface area contributed by atoms with Crippen LogP contribution in [0.2, 0.25) is 0 Å². The molecule has 1 N–H and O–H groups in total. The summed E-state index contributed by atoms with van der Waals surface area (Å²) in [5, 5.41) is 3.07. The van der Waals surface area contributed by atoms with E-state index in [9.17, 15) is 4.79 Å². The minimum Gasteiger partial charge on any atom is -0.372 e. The van der Waals surface area contributed by atoms with Crippen molar-refractivity contribution in [2.45, 2.75) is 33.1 Å². The molecule has 0 saturated heterocycles. The zero-order valence-electron chi connectivity index (χ0n) is 12.4. The van der Waals surface area contributed by atoms with Crippen LogP contribution in [-0.4, -0.2) is 19.0 Å². The molecular weight excluding hydrogens is 248 g/mol. The molecule has 1 amide bonds. The molecule has 0 heterocycles. The number of nitrogens with zero attached hydrogens (tertiary/aromatic N) is 1. The lowest BCUT2D eigenvalue weighted by Gasteiger charge is -2.21. The van der Waals surface area contributed by atoms with Gasteiger partial charge in [-0.05, 0) is 69.2 Å². The van der Waals surface area contributed by atoms with Crippen LogP contribution in [0, 0.1) is 17.8 Å². The van der Waals surface area contributed by atoms with Gasteiger partial charge in [-0.1, -0.05) is 0 Å². The highest BCUT2D eigenvalue weighted by Crippen LogP contribution is 2.54. The minimum atomic E-state index is 0.216. The van der Waals surface area contributed by atoms with Crippen molar-refractivity contribution in [3.63, 3.8) is 0 Å². The molecule has 3 nitrogen and oxygen atoms in total. The third-order valence-corrected chi connectivity index (χ3v) is 4.88.